The van der Waals surface area contributed by atoms with E-state index < -0.39 is 12.0 Å². The first-order valence-corrected chi connectivity index (χ1v) is 11.6. The third kappa shape index (κ3) is 3.84. The van der Waals surface area contributed by atoms with Crippen LogP contribution in [-0.4, -0.2) is 28.8 Å². The van der Waals surface area contributed by atoms with Crippen molar-refractivity contribution >= 4 is 23.4 Å². The van der Waals surface area contributed by atoms with Gasteiger partial charge in [0, 0.05) is 24.0 Å². The van der Waals surface area contributed by atoms with E-state index in [-0.39, 0.29) is 12.2 Å². The van der Waals surface area contributed by atoms with E-state index >= 15 is 0 Å². The summed E-state index contributed by atoms with van der Waals surface area (Å²) < 4.78 is 15.2. The highest BCUT2D eigenvalue weighted by molar-refractivity contribution is 7.07. The van der Waals surface area contributed by atoms with E-state index in [9.17, 15) is 9.59 Å². The van der Waals surface area contributed by atoms with Gasteiger partial charge in [-0.2, -0.15) is 0 Å². The lowest BCUT2D eigenvalue weighted by atomic mass is 9.95. The minimum atomic E-state index is -0.697. The molecule has 3 heterocycles. The van der Waals surface area contributed by atoms with Gasteiger partial charge in [0.2, 0.25) is 0 Å². The number of fused-ring (bicyclic) bond motifs is 1. The second kappa shape index (κ2) is 8.86. The van der Waals surface area contributed by atoms with Gasteiger partial charge in [0.15, 0.2) is 4.80 Å². The van der Waals surface area contributed by atoms with E-state index in [1.807, 2.05) is 51.2 Å². The van der Waals surface area contributed by atoms with Gasteiger partial charge in [0.1, 0.15) is 11.8 Å². The maximum atomic E-state index is 13.7. The second-order valence-corrected chi connectivity index (χ2v) is 8.94. The molecule has 0 saturated carbocycles. The predicted molar refractivity (Wildman–Crippen MR) is 128 cm³/mol. The van der Waals surface area contributed by atoms with E-state index in [4.69, 9.17) is 9.47 Å². The van der Waals surface area contributed by atoms with Gasteiger partial charge >= 0.3 is 5.97 Å². The Bertz CT molecular complexity index is 1460. The van der Waals surface area contributed by atoms with Crippen LogP contribution in [0.5, 0.6) is 5.75 Å². The van der Waals surface area contributed by atoms with Crippen molar-refractivity contribution in [3.05, 3.63) is 83.8 Å². The number of rotatable bonds is 5. The molecule has 33 heavy (non-hydrogen) atoms. The van der Waals surface area contributed by atoms with Crippen molar-refractivity contribution in [3.8, 4) is 5.75 Å². The smallest absolute Gasteiger partial charge is 0.338 e. The minimum absolute atomic E-state index is 0.204. The van der Waals surface area contributed by atoms with E-state index in [2.05, 4.69) is 15.6 Å². The zero-order chi connectivity index (χ0) is 23.9. The van der Waals surface area contributed by atoms with Crippen LogP contribution in [0.4, 0.5) is 0 Å². The fraction of sp³-hybridized carbons (Fsp3) is 0.320. The summed E-state index contributed by atoms with van der Waals surface area (Å²) in [4.78, 5) is 31.9. The molecule has 1 aliphatic heterocycles. The third-order valence-electron chi connectivity index (χ3n) is 6.05. The van der Waals surface area contributed by atoms with E-state index in [1.165, 1.54) is 11.3 Å². The highest BCUT2D eigenvalue weighted by atomic mass is 32.1. The van der Waals surface area contributed by atoms with Crippen molar-refractivity contribution in [2.75, 3.05) is 13.7 Å². The van der Waals surface area contributed by atoms with Gasteiger partial charge in [-0.05, 0) is 51.5 Å². The summed E-state index contributed by atoms with van der Waals surface area (Å²) in [6.07, 6.45) is 1.90. The van der Waals surface area contributed by atoms with Crippen molar-refractivity contribution in [1.82, 2.24) is 9.13 Å². The lowest BCUT2D eigenvalue weighted by Crippen LogP contribution is -2.40. The maximum Gasteiger partial charge on any atom is 0.338 e. The fourth-order valence-electron chi connectivity index (χ4n) is 4.15. The Labute approximate surface area is 195 Å². The van der Waals surface area contributed by atoms with Gasteiger partial charge in [-0.15, -0.1) is 0 Å². The van der Waals surface area contributed by atoms with Crippen LogP contribution >= 0.6 is 11.3 Å². The number of carbonyl (C=O) groups is 1. The van der Waals surface area contributed by atoms with E-state index in [0.29, 0.717) is 31.9 Å². The average Bonchev–Trinajstić information content (AvgIpc) is 3.23. The molecule has 3 aromatic rings. The molecule has 0 aliphatic carbocycles. The van der Waals surface area contributed by atoms with Crippen LogP contribution in [0.15, 0.2) is 51.4 Å². The van der Waals surface area contributed by atoms with Crippen molar-refractivity contribution in [3.63, 3.8) is 0 Å². The average molecular weight is 466 g/mol. The van der Waals surface area contributed by atoms with Gasteiger partial charge < -0.3 is 14.0 Å². The number of carbonyl (C=O) groups excluding carboxylic acids is 1. The van der Waals surface area contributed by atoms with Crippen LogP contribution in [0.3, 0.4) is 0 Å². The molecule has 0 fully saturated rings. The molecule has 0 amide bonds. The molecule has 2 aromatic heterocycles. The molecule has 1 aromatic carbocycles. The Kier molecular flexibility index (Phi) is 6.12. The molecule has 0 N–H and O–H groups in total. The molecule has 0 radical (unpaired) electrons. The minimum Gasteiger partial charge on any atom is -0.496 e. The Hall–Kier alpha value is -3.39. The summed E-state index contributed by atoms with van der Waals surface area (Å²) in [6.45, 7) is 7.81. The molecule has 7 nitrogen and oxygen atoms in total. The summed E-state index contributed by atoms with van der Waals surface area (Å²) in [5.41, 5.74) is 4.54. The molecular formula is C25H27N3O4S. The number of hydrogen-bond donors (Lipinski definition) is 0. The molecule has 0 spiro atoms. The zero-order valence-electron chi connectivity index (χ0n) is 19.6. The van der Waals surface area contributed by atoms with Crippen LogP contribution in [0.1, 0.15) is 42.4 Å². The van der Waals surface area contributed by atoms with Gasteiger partial charge in [0.25, 0.3) is 5.56 Å². The number of allylic oxidation sites excluding steroid dienone is 1. The molecule has 172 valence electrons. The number of aromatic nitrogens is 2. The van der Waals surface area contributed by atoms with E-state index in [0.717, 1.165) is 17.0 Å². The second-order valence-electron chi connectivity index (χ2n) is 7.93. The van der Waals surface area contributed by atoms with Crippen LogP contribution in [0, 0.1) is 13.8 Å². The van der Waals surface area contributed by atoms with Crippen LogP contribution in [0.25, 0.3) is 6.08 Å². The first-order valence-electron chi connectivity index (χ1n) is 10.7. The summed E-state index contributed by atoms with van der Waals surface area (Å²) in [7, 11) is 3.57. The Morgan fingerprint density at radius 3 is 2.61 bits per heavy atom. The number of methoxy groups -OCH3 is 1. The zero-order valence-corrected chi connectivity index (χ0v) is 20.4. The number of benzene rings is 1. The molecule has 0 unspecified atom stereocenters. The Balaban J connectivity index is 2.01. The van der Waals surface area contributed by atoms with Crippen LogP contribution in [-0.2, 0) is 16.6 Å². The number of para-hydroxylation sites is 1. The Morgan fingerprint density at radius 1 is 1.24 bits per heavy atom. The number of ether oxygens (including phenoxy) is 2. The summed E-state index contributed by atoms with van der Waals surface area (Å²) >= 11 is 1.32. The van der Waals surface area contributed by atoms with Gasteiger partial charge in [-0.1, -0.05) is 29.5 Å². The van der Waals surface area contributed by atoms with Crippen LogP contribution in [0.2, 0.25) is 0 Å². The highest BCUT2D eigenvalue weighted by Gasteiger charge is 2.34. The Morgan fingerprint density at radius 2 is 1.97 bits per heavy atom. The normalized spacial score (nSPS) is 15.9. The molecule has 4 rings (SSSR count). The van der Waals surface area contributed by atoms with Crippen molar-refractivity contribution < 1.29 is 14.3 Å². The highest BCUT2D eigenvalue weighted by Crippen LogP contribution is 2.35. The summed E-state index contributed by atoms with van der Waals surface area (Å²) in [5, 5.41) is 0. The lowest BCUT2D eigenvalue weighted by Gasteiger charge is -2.25. The first kappa shape index (κ1) is 22.8. The molecule has 0 bridgehead atoms. The fourth-order valence-corrected chi connectivity index (χ4v) is 5.19. The van der Waals surface area contributed by atoms with Crippen molar-refractivity contribution in [2.45, 2.75) is 33.7 Å². The largest absolute Gasteiger partial charge is 0.496 e. The SMILES string of the molecule is CCOC(=O)C1=C(C)N=c2s/c(=C/c3cc(C)n(C)c3C)c(=O)n2[C@H]1c1ccccc1OC. The quantitative estimate of drug-likeness (QED) is 0.543. The lowest BCUT2D eigenvalue weighted by molar-refractivity contribution is -0.139. The molecule has 1 aliphatic rings. The van der Waals surface area contributed by atoms with Gasteiger partial charge in [-0.3, -0.25) is 9.36 Å². The maximum absolute atomic E-state index is 13.7. The van der Waals surface area contributed by atoms with Crippen LogP contribution < -0.4 is 19.6 Å². The third-order valence-corrected chi connectivity index (χ3v) is 7.03. The molecule has 1 atom stereocenters. The molecule has 0 saturated heterocycles. The number of thiazole rings is 1. The first-order chi connectivity index (χ1) is 15.8. The predicted octanol–water partition coefficient (Wildman–Crippen LogP) is 2.76. The van der Waals surface area contributed by atoms with E-state index in [1.54, 1.807) is 25.5 Å². The number of hydrogen-bond acceptors (Lipinski definition) is 6. The van der Waals surface area contributed by atoms with Crippen molar-refractivity contribution in [1.29, 1.82) is 0 Å². The topological polar surface area (TPSA) is 74.8 Å². The monoisotopic (exact) mass is 465 g/mol. The van der Waals surface area contributed by atoms with Gasteiger partial charge in [-0.25, -0.2) is 9.79 Å². The number of esters is 1. The van der Waals surface area contributed by atoms with Crippen molar-refractivity contribution in [2.24, 2.45) is 12.0 Å². The summed E-state index contributed by atoms with van der Waals surface area (Å²) in [5.74, 6) is 0.0987. The van der Waals surface area contributed by atoms with Gasteiger partial charge in [0.05, 0.1) is 29.5 Å². The number of aryl methyl sites for hydroxylation is 1. The standard InChI is InChI=1S/C25H27N3O4S/c1-7-32-24(30)21-15(3)26-25-28(22(21)18-10-8-9-11-19(18)31-6)23(29)20(33-25)13-17-12-14(2)27(5)16(17)4/h8-13,22H,7H2,1-6H3/b20-13+/t22-/m0/s1. The summed E-state index contributed by atoms with van der Waals surface area (Å²) in [6, 6.07) is 8.76. The molecule has 8 heteroatoms. The number of nitrogens with zero attached hydrogens (tertiary/aromatic N) is 3. The molecular weight excluding hydrogens is 438 g/mol.